The van der Waals surface area contributed by atoms with E-state index in [9.17, 15) is 14.4 Å². The molecule has 2 amide bonds. The molecule has 180 valence electrons. The number of halogens is 1. The summed E-state index contributed by atoms with van der Waals surface area (Å²) in [6.07, 6.45) is 1.17. The molecule has 0 unspecified atom stereocenters. The van der Waals surface area contributed by atoms with Crippen LogP contribution in [0.4, 0.5) is 10.5 Å². The minimum Gasteiger partial charge on any atom is -0.445 e. The maximum atomic E-state index is 12.7. The third kappa shape index (κ3) is 5.39. The molecule has 2 aromatic carbocycles. The summed E-state index contributed by atoms with van der Waals surface area (Å²) in [7, 11) is 0. The van der Waals surface area contributed by atoms with Crippen LogP contribution in [0.25, 0.3) is 11.0 Å². The van der Waals surface area contributed by atoms with E-state index in [-0.39, 0.29) is 30.2 Å². The molecule has 3 heterocycles. The minimum absolute atomic E-state index is 0.183. The van der Waals surface area contributed by atoms with Gasteiger partial charge in [0.15, 0.2) is 0 Å². The van der Waals surface area contributed by atoms with Crippen molar-refractivity contribution in [1.82, 2.24) is 19.9 Å². The number of likely N-dealkylation sites (tertiary alicyclic amines) is 1. The smallest absolute Gasteiger partial charge is 0.410 e. The summed E-state index contributed by atoms with van der Waals surface area (Å²) in [6, 6.07) is 12.3. The number of aromatic amines is 2. The molecule has 0 spiro atoms. The van der Waals surface area contributed by atoms with Crippen LogP contribution >= 0.6 is 22.9 Å². The molecule has 0 radical (unpaired) electrons. The van der Waals surface area contributed by atoms with Crippen LogP contribution in [-0.2, 0) is 11.3 Å². The summed E-state index contributed by atoms with van der Waals surface area (Å²) in [4.78, 5) is 48.1. The van der Waals surface area contributed by atoms with Crippen molar-refractivity contribution in [3.63, 3.8) is 0 Å². The molecule has 0 saturated carbocycles. The first-order chi connectivity index (χ1) is 16.9. The van der Waals surface area contributed by atoms with Gasteiger partial charge in [-0.25, -0.2) is 14.6 Å². The standard InChI is InChI=1S/C24H22ClN5O4S/c25-16-3-1-14(2-4-16)12-34-24(33)30-9-7-15(8-10-30)22-27-20(13-35-22)21(31)26-17-5-6-18-19(11-17)29-23(32)28-18/h1-6,11,13,15H,7-10,12H2,(H,26,31)(H2,28,29,32). The second-order valence-corrected chi connectivity index (χ2v) is 9.63. The number of nitrogens with zero attached hydrogens (tertiary/aromatic N) is 2. The van der Waals surface area contributed by atoms with Gasteiger partial charge in [-0.3, -0.25) is 4.79 Å². The van der Waals surface area contributed by atoms with Crippen molar-refractivity contribution in [1.29, 1.82) is 0 Å². The number of piperidine rings is 1. The number of nitrogens with one attached hydrogen (secondary N) is 3. The number of thiazole rings is 1. The van der Waals surface area contributed by atoms with Crippen molar-refractivity contribution in [2.75, 3.05) is 18.4 Å². The van der Waals surface area contributed by atoms with Crippen LogP contribution in [0.15, 0.2) is 52.6 Å². The predicted molar refractivity (Wildman–Crippen MR) is 134 cm³/mol. The first kappa shape index (κ1) is 23.1. The molecule has 1 saturated heterocycles. The second kappa shape index (κ2) is 9.93. The molecule has 0 aliphatic carbocycles. The number of fused-ring (bicyclic) bond motifs is 1. The zero-order valence-corrected chi connectivity index (χ0v) is 20.1. The Morgan fingerprint density at radius 2 is 1.86 bits per heavy atom. The number of carbonyl (C=O) groups excluding carboxylic acids is 2. The maximum Gasteiger partial charge on any atom is 0.410 e. The highest BCUT2D eigenvalue weighted by molar-refractivity contribution is 7.10. The van der Waals surface area contributed by atoms with Gasteiger partial charge in [-0.1, -0.05) is 23.7 Å². The van der Waals surface area contributed by atoms with E-state index in [0.717, 1.165) is 23.4 Å². The Balaban J connectivity index is 1.13. The Hall–Kier alpha value is -3.63. The van der Waals surface area contributed by atoms with Crippen LogP contribution in [0.2, 0.25) is 5.02 Å². The first-order valence-electron chi connectivity index (χ1n) is 11.1. The molecule has 35 heavy (non-hydrogen) atoms. The van der Waals surface area contributed by atoms with E-state index in [1.54, 1.807) is 40.6 Å². The van der Waals surface area contributed by atoms with E-state index in [1.807, 2.05) is 12.1 Å². The number of benzene rings is 2. The fourth-order valence-electron chi connectivity index (χ4n) is 4.01. The van der Waals surface area contributed by atoms with Gasteiger partial charge >= 0.3 is 11.8 Å². The Bertz CT molecular complexity index is 1420. The van der Waals surface area contributed by atoms with Gasteiger partial charge in [0.2, 0.25) is 0 Å². The molecule has 5 rings (SSSR count). The third-order valence-corrected chi connectivity index (χ3v) is 7.17. The van der Waals surface area contributed by atoms with Gasteiger partial charge in [0.25, 0.3) is 5.91 Å². The lowest BCUT2D eigenvalue weighted by molar-refractivity contribution is 0.0870. The number of carbonyl (C=O) groups is 2. The number of ether oxygens (including phenoxy) is 1. The van der Waals surface area contributed by atoms with E-state index in [1.165, 1.54) is 11.3 Å². The number of imidazole rings is 1. The molecule has 1 aliphatic heterocycles. The number of hydrogen-bond acceptors (Lipinski definition) is 6. The quantitative estimate of drug-likeness (QED) is 0.357. The van der Waals surface area contributed by atoms with E-state index in [0.29, 0.717) is 40.5 Å². The summed E-state index contributed by atoms with van der Waals surface area (Å²) in [5, 5.41) is 6.09. The van der Waals surface area contributed by atoms with Gasteiger partial charge in [0, 0.05) is 35.1 Å². The SMILES string of the molecule is O=C(Nc1ccc2[nH]c(=O)[nH]c2c1)c1csc(C2CCN(C(=O)OCc3ccc(Cl)cc3)CC2)n1. The average Bonchev–Trinajstić information content (AvgIpc) is 3.50. The molecular weight excluding hydrogens is 490 g/mol. The van der Waals surface area contributed by atoms with E-state index < -0.39 is 0 Å². The number of aromatic nitrogens is 3. The maximum absolute atomic E-state index is 12.7. The highest BCUT2D eigenvalue weighted by Gasteiger charge is 2.27. The van der Waals surface area contributed by atoms with Crippen molar-refractivity contribution in [3.05, 3.63) is 79.6 Å². The van der Waals surface area contributed by atoms with Gasteiger partial charge < -0.3 is 24.9 Å². The fourth-order valence-corrected chi connectivity index (χ4v) is 5.11. The summed E-state index contributed by atoms with van der Waals surface area (Å²) in [6.45, 7) is 1.34. The van der Waals surface area contributed by atoms with Crippen molar-refractivity contribution in [2.45, 2.75) is 25.4 Å². The highest BCUT2D eigenvalue weighted by atomic mass is 35.5. The number of H-pyrrole nitrogens is 2. The Morgan fingerprint density at radius 1 is 1.11 bits per heavy atom. The molecule has 9 nitrogen and oxygen atoms in total. The van der Waals surface area contributed by atoms with Crippen LogP contribution in [0.3, 0.4) is 0 Å². The number of amides is 2. The second-order valence-electron chi connectivity index (χ2n) is 8.31. The van der Waals surface area contributed by atoms with Crippen molar-refractivity contribution in [3.8, 4) is 0 Å². The van der Waals surface area contributed by atoms with Crippen LogP contribution in [0, 0.1) is 0 Å². The van der Waals surface area contributed by atoms with Crippen molar-refractivity contribution < 1.29 is 14.3 Å². The van der Waals surface area contributed by atoms with Crippen molar-refractivity contribution in [2.24, 2.45) is 0 Å². The lowest BCUT2D eigenvalue weighted by Crippen LogP contribution is -2.38. The van der Waals surface area contributed by atoms with E-state index in [4.69, 9.17) is 16.3 Å². The van der Waals surface area contributed by atoms with Crippen LogP contribution in [0.5, 0.6) is 0 Å². The van der Waals surface area contributed by atoms with Crippen LogP contribution in [0.1, 0.15) is 39.8 Å². The van der Waals surface area contributed by atoms with Gasteiger partial charge in [-0.05, 0) is 48.7 Å². The fraction of sp³-hybridized carbons (Fsp3) is 0.250. The summed E-state index contributed by atoms with van der Waals surface area (Å²) >= 11 is 7.33. The van der Waals surface area contributed by atoms with Gasteiger partial charge in [0.05, 0.1) is 16.0 Å². The largest absolute Gasteiger partial charge is 0.445 e. The van der Waals surface area contributed by atoms with E-state index >= 15 is 0 Å². The zero-order valence-electron chi connectivity index (χ0n) is 18.5. The molecule has 3 N–H and O–H groups in total. The van der Waals surface area contributed by atoms with Gasteiger partial charge in [0.1, 0.15) is 12.3 Å². The number of hydrogen-bond donors (Lipinski definition) is 3. The molecule has 1 aliphatic rings. The summed E-state index contributed by atoms with van der Waals surface area (Å²) in [5.41, 5.74) is 2.78. The van der Waals surface area contributed by atoms with Crippen LogP contribution < -0.4 is 11.0 Å². The Labute approximate surface area is 209 Å². The highest BCUT2D eigenvalue weighted by Crippen LogP contribution is 2.31. The average molecular weight is 512 g/mol. The lowest BCUT2D eigenvalue weighted by atomic mass is 9.98. The molecular formula is C24H22ClN5O4S. The van der Waals surface area contributed by atoms with E-state index in [2.05, 4.69) is 20.3 Å². The zero-order chi connectivity index (χ0) is 24.4. The molecule has 0 atom stereocenters. The molecule has 2 aromatic heterocycles. The third-order valence-electron chi connectivity index (χ3n) is 5.91. The normalized spacial score (nSPS) is 14.3. The number of anilines is 1. The predicted octanol–water partition coefficient (Wildman–Crippen LogP) is 4.73. The Morgan fingerprint density at radius 3 is 2.63 bits per heavy atom. The molecule has 1 fully saturated rings. The summed E-state index contributed by atoms with van der Waals surface area (Å²) in [5.74, 6) is -0.129. The van der Waals surface area contributed by atoms with Gasteiger partial charge in [-0.2, -0.15) is 0 Å². The van der Waals surface area contributed by atoms with Crippen LogP contribution in [-0.4, -0.2) is 44.9 Å². The van der Waals surface area contributed by atoms with Crippen molar-refractivity contribution >= 4 is 51.7 Å². The summed E-state index contributed by atoms with van der Waals surface area (Å²) < 4.78 is 5.43. The monoisotopic (exact) mass is 511 g/mol. The molecule has 11 heteroatoms. The minimum atomic E-state index is -0.335. The number of rotatable bonds is 5. The molecule has 0 bridgehead atoms. The first-order valence-corrected chi connectivity index (χ1v) is 12.4. The lowest BCUT2D eigenvalue weighted by Gasteiger charge is -2.30. The van der Waals surface area contributed by atoms with Gasteiger partial charge in [-0.15, -0.1) is 11.3 Å². The topological polar surface area (TPSA) is 120 Å². The Kier molecular flexibility index (Phi) is 6.56. The molecule has 4 aromatic rings.